The van der Waals surface area contributed by atoms with Crippen LogP contribution in [0.15, 0.2) is 28.7 Å². The average molecular weight is 291 g/mol. The molecule has 1 aromatic carbocycles. The molecule has 114 valence electrons. The van der Waals surface area contributed by atoms with E-state index in [2.05, 4.69) is 12.2 Å². The van der Waals surface area contributed by atoms with Crippen LogP contribution in [0.5, 0.6) is 5.75 Å². The van der Waals surface area contributed by atoms with Gasteiger partial charge >= 0.3 is 0 Å². The van der Waals surface area contributed by atoms with E-state index in [0.29, 0.717) is 19.8 Å². The highest BCUT2D eigenvalue weighted by Gasteiger charge is 2.18. The topological polar surface area (TPSA) is 52.9 Å². The van der Waals surface area contributed by atoms with E-state index in [1.54, 1.807) is 7.11 Å². The van der Waals surface area contributed by atoms with Crippen LogP contribution in [-0.2, 0) is 9.47 Å². The van der Waals surface area contributed by atoms with Crippen molar-refractivity contribution in [2.45, 2.75) is 19.1 Å². The predicted molar refractivity (Wildman–Crippen MR) is 79.7 cm³/mol. The van der Waals surface area contributed by atoms with Crippen LogP contribution in [0.2, 0.25) is 0 Å². The Bertz CT molecular complexity index is 589. The lowest BCUT2D eigenvalue weighted by Gasteiger charge is -2.24. The van der Waals surface area contributed by atoms with E-state index < -0.39 is 0 Å². The number of fused-ring (bicyclic) bond motifs is 1. The van der Waals surface area contributed by atoms with E-state index in [0.717, 1.165) is 29.0 Å². The molecule has 21 heavy (non-hydrogen) atoms. The van der Waals surface area contributed by atoms with Gasteiger partial charge in [0.25, 0.3) is 0 Å². The highest BCUT2D eigenvalue weighted by molar-refractivity contribution is 5.83. The molecule has 5 nitrogen and oxygen atoms in total. The third-order valence-corrected chi connectivity index (χ3v) is 3.71. The molecule has 2 aromatic rings. The number of furan rings is 1. The van der Waals surface area contributed by atoms with Gasteiger partial charge in [0, 0.05) is 11.9 Å². The number of nitrogens with one attached hydrogen (secondary N) is 1. The van der Waals surface area contributed by atoms with Crippen LogP contribution >= 0.6 is 0 Å². The average Bonchev–Trinajstić information content (AvgIpc) is 2.97. The predicted octanol–water partition coefficient (Wildman–Crippen LogP) is 2.51. The number of para-hydroxylation sites is 1. The van der Waals surface area contributed by atoms with E-state index in [1.165, 1.54) is 0 Å². The molecule has 0 radical (unpaired) electrons. The summed E-state index contributed by atoms with van der Waals surface area (Å²) in [7, 11) is 1.65. The zero-order valence-electron chi connectivity index (χ0n) is 12.4. The summed E-state index contributed by atoms with van der Waals surface area (Å²) in [5.41, 5.74) is 0.792. The molecule has 2 atom stereocenters. The molecule has 0 aliphatic carbocycles. The summed E-state index contributed by atoms with van der Waals surface area (Å²) in [5, 5.41) is 4.48. The summed E-state index contributed by atoms with van der Waals surface area (Å²) in [6.45, 7) is 4.83. The molecular weight excluding hydrogens is 270 g/mol. The smallest absolute Gasteiger partial charge is 0.176 e. The van der Waals surface area contributed by atoms with Gasteiger partial charge in [-0.3, -0.25) is 0 Å². The molecule has 1 fully saturated rings. The minimum atomic E-state index is 0.104. The van der Waals surface area contributed by atoms with Crippen LogP contribution in [0.3, 0.4) is 0 Å². The first-order valence-corrected chi connectivity index (χ1v) is 7.27. The largest absolute Gasteiger partial charge is 0.493 e. The van der Waals surface area contributed by atoms with Crippen LogP contribution in [0, 0.1) is 0 Å². The Morgan fingerprint density at radius 1 is 1.38 bits per heavy atom. The summed E-state index contributed by atoms with van der Waals surface area (Å²) in [4.78, 5) is 0. The fourth-order valence-electron chi connectivity index (χ4n) is 2.49. The Morgan fingerprint density at radius 3 is 3.05 bits per heavy atom. The zero-order chi connectivity index (χ0) is 14.7. The van der Waals surface area contributed by atoms with Crippen molar-refractivity contribution in [1.29, 1.82) is 0 Å². The maximum absolute atomic E-state index is 5.93. The Morgan fingerprint density at radius 2 is 2.29 bits per heavy atom. The van der Waals surface area contributed by atoms with Gasteiger partial charge in [-0.15, -0.1) is 0 Å². The number of hydrogen-bond donors (Lipinski definition) is 1. The second-order valence-corrected chi connectivity index (χ2v) is 5.23. The molecule has 0 saturated carbocycles. The monoisotopic (exact) mass is 291 g/mol. The molecule has 1 aliphatic rings. The van der Waals surface area contributed by atoms with Crippen molar-refractivity contribution in [3.63, 3.8) is 0 Å². The van der Waals surface area contributed by atoms with Crippen LogP contribution in [0.1, 0.15) is 18.7 Å². The van der Waals surface area contributed by atoms with Gasteiger partial charge in [-0.05, 0) is 19.1 Å². The number of hydrogen-bond acceptors (Lipinski definition) is 5. The zero-order valence-corrected chi connectivity index (χ0v) is 12.4. The maximum atomic E-state index is 5.93. The molecule has 5 heteroatoms. The molecule has 0 spiro atoms. The standard InChI is InChI=1S/C16H21NO4/c1-11(17-9-13-10-19-6-7-20-13)15-8-12-4-3-5-14(18-2)16(12)21-15/h3-5,8,11,13,17H,6-7,9-10H2,1-2H3. The second-order valence-electron chi connectivity index (χ2n) is 5.23. The van der Waals surface area contributed by atoms with Crippen molar-refractivity contribution in [3.05, 3.63) is 30.0 Å². The van der Waals surface area contributed by atoms with Gasteiger partial charge in [-0.2, -0.15) is 0 Å². The van der Waals surface area contributed by atoms with E-state index in [1.807, 2.05) is 24.3 Å². The Kier molecular flexibility index (Phi) is 4.43. The first-order valence-electron chi connectivity index (χ1n) is 7.27. The van der Waals surface area contributed by atoms with Gasteiger partial charge in [-0.25, -0.2) is 0 Å². The molecule has 0 bridgehead atoms. The van der Waals surface area contributed by atoms with Gasteiger partial charge < -0.3 is 23.9 Å². The van der Waals surface area contributed by atoms with Crippen molar-refractivity contribution in [2.75, 3.05) is 33.5 Å². The van der Waals surface area contributed by atoms with Crippen LogP contribution < -0.4 is 10.1 Å². The minimum absolute atomic E-state index is 0.104. The van der Waals surface area contributed by atoms with Gasteiger partial charge in [0.15, 0.2) is 11.3 Å². The lowest BCUT2D eigenvalue weighted by atomic mass is 10.2. The van der Waals surface area contributed by atoms with Crippen molar-refractivity contribution >= 4 is 11.0 Å². The second kappa shape index (κ2) is 6.47. The number of benzene rings is 1. The third-order valence-electron chi connectivity index (χ3n) is 3.71. The fourth-order valence-corrected chi connectivity index (χ4v) is 2.49. The summed E-state index contributed by atoms with van der Waals surface area (Å²) in [6, 6.07) is 8.04. The maximum Gasteiger partial charge on any atom is 0.176 e. The normalized spacial score (nSPS) is 20.6. The van der Waals surface area contributed by atoms with Crippen LogP contribution in [0.25, 0.3) is 11.0 Å². The van der Waals surface area contributed by atoms with Crippen LogP contribution in [0.4, 0.5) is 0 Å². The molecule has 2 unspecified atom stereocenters. The molecule has 1 aliphatic heterocycles. The lowest BCUT2D eigenvalue weighted by molar-refractivity contribution is -0.0870. The Hall–Kier alpha value is -1.56. The summed E-state index contributed by atoms with van der Waals surface area (Å²) >= 11 is 0. The third kappa shape index (κ3) is 3.20. The molecule has 3 rings (SSSR count). The lowest BCUT2D eigenvalue weighted by Crippen LogP contribution is -2.38. The summed E-state index contributed by atoms with van der Waals surface area (Å²) in [6.07, 6.45) is 0.111. The molecule has 0 amide bonds. The molecule has 1 saturated heterocycles. The SMILES string of the molecule is COc1cccc2cc(C(C)NCC3COCCO3)oc12. The van der Waals surface area contributed by atoms with E-state index in [4.69, 9.17) is 18.6 Å². The quantitative estimate of drug-likeness (QED) is 0.917. The Balaban J connectivity index is 1.67. The highest BCUT2D eigenvalue weighted by Crippen LogP contribution is 2.30. The summed E-state index contributed by atoms with van der Waals surface area (Å²) in [5.74, 6) is 1.65. The first kappa shape index (κ1) is 14.4. The van der Waals surface area contributed by atoms with Crippen molar-refractivity contribution in [2.24, 2.45) is 0 Å². The van der Waals surface area contributed by atoms with Gasteiger partial charge in [-0.1, -0.05) is 12.1 Å². The van der Waals surface area contributed by atoms with E-state index >= 15 is 0 Å². The van der Waals surface area contributed by atoms with E-state index in [9.17, 15) is 0 Å². The molecular formula is C16H21NO4. The first-order chi connectivity index (χ1) is 10.3. The number of methoxy groups -OCH3 is 1. The fraction of sp³-hybridized carbons (Fsp3) is 0.500. The Labute approximate surface area is 124 Å². The molecule has 1 aromatic heterocycles. The van der Waals surface area contributed by atoms with Gasteiger partial charge in [0.05, 0.1) is 39.1 Å². The van der Waals surface area contributed by atoms with Crippen LogP contribution in [-0.4, -0.2) is 39.6 Å². The highest BCUT2D eigenvalue weighted by atomic mass is 16.6. The van der Waals surface area contributed by atoms with Gasteiger partial charge in [0.2, 0.25) is 0 Å². The van der Waals surface area contributed by atoms with Crippen molar-refractivity contribution in [3.8, 4) is 5.75 Å². The minimum Gasteiger partial charge on any atom is -0.493 e. The molecule has 1 N–H and O–H groups in total. The number of rotatable bonds is 5. The van der Waals surface area contributed by atoms with Crippen molar-refractivity contribution < 1.29 is 18.6 Å². The van der Waals surface area contributed by atoms with Crippen molar-refractivity contribution in [1.82, 2.24) is 5.32 Å². The van der Waals surface area contributed by atoms with E-state index in [-0.39, 0.29) is 12.1 Å². The van der Waals surface area contributed by atoms with Gasteiger partial charge in [0.1, 0.15) is 5.76 Å². The number of ether oxygens (including phenoxy) is 3. The molecule has 2 heterocycles. The summed E-state index contributed by atoms with van der Waals surface area (Å²) < 4.78 is 22.3.